The number of carbonyl (C=O) groups excluding carboxylic acids is 1. The molecule has 0 radical (unpaired) electrons. The van der Waals surface area contributed by atoms with E-state index in [4.69, 9.17) is 4.74 Å². The van der Waals surface area contributed by atoms with Gasteiger partial charge in [-0.25, -0.2) is 8.42 Å². The number of anilines is 1. The average Bonchev–Trinajstić information content (AvgIpc) is 2.91. The Kier molecular flexibility index (Phi) is 4.87. The molecule has 0 unspecified atom stereocenters. The summed E-state index contributed by atoms with van der Waals surface area (Å²) < 4.78 is 28.7. The van der Waals surface area contributed by atoms with E-state index in [1.165, 1.54) is 6.07 Å². The maximum atomic E-state index is 12.3. The number of sulfone groups is 1. The summed E-state index contributed by atoms with van der Waals surface area (Å²) in [6.07, 6.45) is 1.09. The fourth-order valence-electron chi connectivity index (χ4n) is 1.99. The largest absolute Gasteiger partial charge is 0.494 e. The monoisotopic (exact) mass is 339 g/mol. The van der Waals surface area contributed by atoms with Crippen molar-refractivity contribution in [1.82, 2.24) is 0 Å². The second-order valence-corrected chi connectivity index (χ2v) is 7.65. The molecule has 0 spiro atoms. The van der Waals surface area contributed by atoms with E-state index in [0.29, 0.717) is 12.3 Å². The van der Waals surface area contributed by atoms with Crippen LogP contribution in [-0.2, 0) is 9.84 Å². The van der Waals surface area contributed by atoms with E-state index in [2.05, 4.69) is 5.32 Å². The van der Waals surface area contributed by atoms with Gasteiger partial charge >= 0.3 is 0 Å². The zero-order chi connectivity index (χ0) is 16.3. The first-order chi connectivity index (χ1) is 10.3. The second kappa shape index (κ2) is 6.50. The Hall–Kier alpha value is -1.86. The lowest BCUT2D eigenvalue weighted by Crippen LogP contribution is -2.13. The molecule has 7 heteroatoms. The molecular weight excluding hydrogens is 322 g/mol. The van der Waals surface area contributed by atoms with Crippen LogP contribution < -0.4 is 10.1 Å². The van der Waals surface area contributed by atoms with Gasteiger partial charge in [0.25, 0.3) is 5.91 Å². The van der Waals surface area contributed by atoms with Gasteiger partial charge in [-0.3, -0.25) is 4.79 Å². The minimum atomic E-state index is -3.42. The molecule has 1 amide bonds. The van der Waals surface area contributed by atoms with Crippen LogP contribution >= 0.6 is 11.3 Å². The molecule has 0 aliphatic heterocycles. The summed E-state index contributed by atoms with van der Waals surface area (Å²) in [6.45, 7) is 4.35. The van der Waals surface area contributed by atoms with Crippen molar-refractivity contribution in [2.45, 2.75) is 18.7 Å². The molecule has 1 aromatic carbocycles. The Morgan fingerprint density at radius 2 is 2.05 bits per heavy atom. The SMILES string of the molecule is CCOc1ccc(NC(=O)c2sccc2S(C)(=O)=O)cc1C. The van der Waals surface area contributed by atoms with Gasteiger partial charge in [0.05, 0.1) is 11.5 Å². The molecule has 0 aliphatic carbocycles. The third kappa shape index (κ3) is 3.66. The molecular formula is C15H17NO4S2. The third-order valence-corrected chi connectivity index (χ3v) is 5.15. The molecule has 1 N–H and O–H groups in total. The molecule has 0 saturated carbocycles. The number of ether oxygens (including phenoxy) is 1. The molecule has 0 atom stereocenters. The predicted octanol–water partition coefficient (Wildman–Crippen LogP) is 3.11. The number of aryl methyl sites for hydroxylation is 1. The Morgan fingerprint density at radius 1 is 1.32 bits per heavy atom. The molecule has 1 heterocycles. The van der Waals surface area contributed by atoms with Crippen LogP contribution in [0, 0.1) is 6.92 Å². The lowest BCUT2D eigenvalue weighted by Gasteiger charge is -2.10. The summed E-state index contributed by atoms with van der Waals surface area (Å²) in [5, 5.41) is 4.31. The van der Waals surface area contributed by atoms with Crippen LogP contribution in [0.5, 0.6) is 5.75 Å². The number of nitrogens with one attached hydrogen (secondary N) is 1. The van der Waals surface area contributed by atoms with E-state index in [-0.39, 0.29) is 9.77 Å². The highest BCUT2D eigenvalue weighted by molar-refractivity contribution is 7.91. The molecule has 22 heavy (non-hydrogen) atoms. The van der Waals surface area contributed by atoms with Crippen molar-refractivity contribution in [3.05, 3.63) is 40.1 Å². The van der Waals surface area contributed by atoms with Gasteiger partial charge in [0.1, 0.15) is 10.6 Å². The Balaban J connectivity index is 2.23. The summed E-state index contributed by atoms with van der Waals surface area (Å²) in [7, 11) is -3.42. The first-order valence-electron chi connectivity index (χ1n) is 6.65. The van der Waals surface area contributed by atoms with Crippen molar-refractivity contribution in [1.29, 1.82) is 0 Å². The van der Waals surface area contributed by atoms with Crippen LogP contribution in [0.1, 0.15) is 22.2 Å². The number of hydrogen-bond acceptors (Lipinski definition) is 5. The Morgan fingerprint density at radius 3 is 2.64 bits per heavy atom. The van der Waals surface area contributed by atoms with Crippen molar-refractivity contribution >= 4 is 32.8 Å². The zero-order valence-corrected chi connectivity index (χ0v) is 14.2. The van der Waals surface area contributed by atoms with Gasteiger partial charge in [-0.1, -0.05) is 0 Å². The highest BCUT2D eigenvalue weighted by Gasteiger charge is 2.20. The molecule has 0 bridgehead atoms. The maximum Gasteiger partial charge on any atom is 0.267 e. The Bertz CT molecular complexity index is 794. The molecule has 2 aromatic rings. The normalized spacial score (nSPS) is 11.2. The number of carbonyl (C=O) groups is 1. The second-order valence-electron chi connectivity index (χ2n) is 4.75. The quantitative estimate of drug-likeness (QED) is 0.908. The number of rotatable bonds is 5. The summed E-state index contributed by atoms with van der Waals surface area (Å²) in [5.74, 6) is 0.326. The smallest absolute Gasteiger partial charge is 0.267 e. The van der Waals surface area contributed by atoms with Gasteiger partial charge in [-0.15, -0.1) is 11.3 Å². The minimum absolute atomic E-state index is 0.0534. The summed E-state index contributed by atoms with van der Waals surface area (Å²) in [4.78, 5) is 12.5. The molecule has 0 saturated heterocycles. The highest BCUT2D eigenvalue weighted by Crippen LogP contribution is 2.25. The highest BCUT2D eigenvalue weighted by atomic mass is 32.2. The molecule has 1 aromatic heterocycles. The van der Waals surface area contributed by atoms with Gasteiger partial charge in [0, 0.05) is 11.9 Å². The number of benzene rings is 1. The number of thiophene rings is 1. The van der Waals surface area contributed by atoms with Crippen LogP contribution in [0.15, 0.2) is 34.5 Å². The molecule has 0 aliphatic rings. The van der Waals surface area contributed by atoms with Crippen LogP contribution in [0.3, 0.4) is 0 Å². The fraction of sp³-hybridized carbons (Fsp3) is 0.267. The lowest BCUT2D eigenvalue weighted by molar-refractivity contribution is 0.102. The van der Waals surface area contributed by atoms with E-state index in [1.807, 2.05) is 13.8 Å². The van der Waals surface area contributed by atoms with Crippen molar-refractivity contribution in [2.75, 3.05) is 18.2 Å². The topological polar surface area (TPSA) is 72.5 Å². The van der Waals surface area contributed by atoms with E-state index in [0.717, 1.165) is 28.9 Å². The average molecular weight is 339 g/mol. The first kappa shape index (κ1) is 16.5. The molecule has 5 nitrogen and oxygen atoms in total. The van der Waals surface area contributed by atoms with Crippen LogP contribution in [0.4, 0.5) is 5.69 Å². The van der Waals surface area contributed by atoms with Crippen LogP contribution in [-0.4, -0.2) is 27.2 Å². The predicted molar refractivity (Wildman–Crippen MR) is 87.7 cm³/mol. The summed E-state index contributed by atoms with van der Waals surface area (Å²) in [5.41, 5.74) is 1.49. The van der Waals surface area contributed by atoms with E-state index in [9.17, 15) is 13.2 Å². The van der Waals surface area contributed by atoms with Crippen molar-refractivity contribution in [3.8, 4) is 5.75 Å². The van der Waals surface area contributed by atoms with Crippen molar-refractivity contribution in [3.63, 3.8) is 0 Å². The summed E-state index contributed by atoms with van der Waals surface area (Å²) >= 11 is 1.10. The zero-order valence-electron chi connectivity index (χ0n) is 12.5. The van der Waals surface area contributed by atoms with Gasteiger partial charge in [-0.05, 0) is 49.1 Å². The minimum Gasteiger partial charge on any atom is -0.494 e. The molecule has 0 fully saturated rings. The maximum absolute atomic E-state index is 12.3. The van der Waals surface area contributed by atoms with Gasteiger partial charge in [-0.2, -0.15) is 0 Å². The van der Waals surface area contributed by atoms with E-state index < -0.39 is 15.7 Å². The van der Waals surface area contributed by atoms with Gasteiger partial charge < -0.3 is 10.1 Å². The standard InChI is InChI=1S/C15H17NO4S2/c1-4-20-12-6-5-11(9-10(12)2)16-15(17)14-13(7-8-21-14)22(3,18)19/h5-9H,4H2,1-3H3,(H,16,17). The van der Waals surface area contributed by atoms with Crippen LogP contribution in [0.2, 0.25) is 0 Å². The van der Waals surface area contributed by atoms with E-state index in [1.54, 1.807) is 23.6 Å². The van der Waals surface area contributed by atoms with Crippen LogP contribution in [0.25, 0.3) is 0 Å². The van der Waals surface area contributed by atoms with Crippen molar-refractivity contribution < 1.29 is 17.9 Å². The van der Waals surface area contributed by atoms with Crippen molar-refractivity contribution in [2.24, 2.45) is 0 Å². The molecule has 2 rings (SSSR count). The lowest BCUT2D eigenvalue weighted by atomic mass is 10.2. The van der Waals surface area contributed by atoms with Gasteiger partial charge in [0.15, 0.2) is 9.84 Å². The number of hydrogen-bond donors (Lipinski definition) is 1. The fourth-order valence-corrected chi connectivity index (χ4v) is 4.10. The third-order valence-electron chi connectivity index (χ3n) is 2.97. The molecule has 118 valence electrons. The van der Waals surface area contributed by atoms with Gasteiger partial charge in [0.2, 0.25) is 0 Å². The first-order valence-corrected chi connectivity index (χ1v) is 9.42. The Labute approximate surface area is 133 Å². The number of amides is 1. The summed E-state index contributed by atoms with van der Waals surface area (Å²) in [6, 6.07) is 6.74. The van der Waals surface area contributed by atoms with E-state index >= 15 is 0 Å².